The van der Waals surface area contributed by atoms with Crippen LogP contribution in [-0.4, -0.2) is 29.7 Å². The molecular formula is C22H22N2O3. The van der Waals surface area contributed by atoms with E-state index in [4.69, 9.17) is 4.74 Å². The fourth-order valence-corrected chi connectivity index (χ4v) is 2.98. The Bertz CT molecular complexity index is 883. The lowest BCUT2D eigenvalue weighted by molar-refractivity contribution is 0.0927. The van der Waals surface area contributed by atoms with Crippen LogP contribution in [0.4, 0.5) is 0 Å². The first-order valence-corrected chi connectivity index (χ1v) is 8.78. The molecule has 1 atom stereocenters. The molecule has 0 saturated carbocycles. The van der Waals surface area contributed by atoms with Crippen LogP contribution in [0, 0.1) is 0 Å². The fraction of sp³-hybridized carbons (Fsp3) is 0.182. The Morgan fingerprint density at radius 3 is 2.48 bits per heavy atom. The molecule has 0 aliphatic carbocycles. The van der Waals surface area contributed by atoms with Gasteiger partial charge in [0.05, 0.1) is 18.7 Å². The van der Waals surface area contributed by atoms with Crippen LogP contribution in [0.15, 0.2) is 73.1 Å². The monoisotopic (exact) mass is 362 g/mol. The summed E-state index contributed by atoms with van der Waals surface area (Å²) in [5.74, 6) is 0.257. The predicted octanol–water partition coefficient (Wildman–Crippen LogP) is 3.61. The van der Waals surface area contributed by atoms with Crippen molar-refractivity contribution < 1.29 is 14.6 Å². The van der Waals surface area contributed by atoms with Crippen LogP contribution in [0.5, 0.6) is 5.75 Å². The molecule has 0 aliphatic rings. The van der Waals surface area contributed by atoms with Crippen molar-refractivity contribution in [2.45, 2.75) is 12.5 Å². The summed E-state index contributed by atoms with van der Waals surface area (Å²) in [6, 6.07) is 18.6. The number of amides is 1. The molecule has 27 heavy (non-hydrogen) atoms. The zero-order chi connectivity index (χ0) is 19.1. The summed E-state index contributed by atoms with van der Waals surface area (Å²) in [6.45, 7) is -0.0159. The highest BCUT2D eigenvalue weighted by molar-refractivity contribution is 5.98. The van der Waals surface area contributed by atoms with Crippen LogP contribution in [0.2, 0.25) is 0 Å². The van der Waals surface area contributed by atoms with Gasteiger partial charge in [-0.05, 0) is 47.4 Å². The standard InChI is InChI=1S/C22H22N2O3/c1-27-21-15-18(16-9-12-23-13-10-16)7-8-19(21)22(26)24-20(11-14-25)17-5-3-2-4-6-17/h2-10,12-13,15,20,25H,11,14H2,1H3,(H,24,26). The number of methoxy groups -OCH3 is 1. The molecule has 0 saturated heterocycles. The van der Waals surface area contributed by atoms with Crippen LogP contribution in [0.3, 0.4) is 0 Å². The summed E-state index contributed by atoms with van der Waals surface area (Å²) in [5, 5.41) is 12.4. The highest BCUT2D eigenvalue weighted by Crippen LogP contribution is 2.28. The maximum Gasteiger partial charge on any atom is 0.255 e. The van der Waals surface area contributed by atoms with Gasteiger partial charge in [-0.3, -0.25) is 9.78 Å². The van der Waals surface area contributed by atoms with Crippen molar-refractivity contribution in [1.29, 1.82) is 0 Å². The van der Waals surface area contributed by atoms with Gasteiger partial charge in [0.1, 0.15) is 5.75 Å². The van der Waals surface area contributed by atoms with E-state index in [9.17, 15) is 9.90 Å². The zero-order valence-electron chi connectivity index (χ0n) is 15.1. The highest BCUT2D eigenvalue weighted by atomic mass is 16.5. The summed E-state index contributed by atoms with van der Waals surface area (Å²) in [4.78, 5) is 16.9. The molecule has 1 amide bonds. The van der Waals surface area contributed by atoms with E-state index < -0.39 is 0 Å². The highest BCUT2D eigenvalue weighted by Gasteiger charge is 2.18. The predicted molar refractivity (Wildman–Crippen MR) is 105 cm³/mol. The quantitative estimate of drug-likeness (QED) is 0.673. The van der Waals surface area contributed by atoms with Gasteiger partial charge in [0.15, 0.2) is 0 Å². The smallest absolute Gasteiger partial charge is 0.255 e. The maximum atomic E-state index is 12.8. The van der Waals surface area contributed by atoms with Gasteiger partial charge in [0, 0.05) is 19.0 Å². The molecule has 1 unspecified atom stereocenters. The third-order valence-corrected chi connectivity index (χ3v) is 4.38. The van der Waals surface area contributed by atoms with E-state index in [-0.39, 0.29) is 18.6 Å². The van der Waals surface area contributed by atoms with Crippen molar-refractivity contribution in [1.82, 2.24) is 10.3 Å². The van der Waals surface area contributed by atoms with Gasteiger partial charge in [0.2, 0.25) is 0 Å². The molecule has 3 aromatic rings. The number of nitrogens with one attached hydrogen (secondary N) is 1. The number of aliphatic hydroxyl groups excluding tert-OH is 1. The Morgan fingerprint density at radius 1 is 1.07 bits per heavy atom. The number of pyridine rings is 1. The van der Waals surface area contributed by atoms with E-state index in [1.54, 1.807) is 25.6 Å². The number of benzene rings is 2. The molecular weight excluding hydrogens is 340 g/mol. The van der Waals surface area contributed by atoms with E-state index in [1.165, 1.54) is 0 Å². The third kappa shape index (κ3) is 4.51. The number of hydrogen-bond donors (Lipinski definition) is 2. The Kier molecular flexibility index (Phi) is 6.18. The normalized spacial score (nSPS) is 11.6. The molecule has 0 fully saturated rings. The first kappa shape index (κ1) is 18.6. The number of carbonyl (C=O) groups is 1. The van der Waals surface area contributed by atoms with Gasteiger partial charge >= 0.3 is 0 Å². The van der Waals surface area contributed by atoms with Crippen LogP contribution < -0.4 is 10.1 Å². The summed E-state index contributed by atoms with van der Waals surface area (Å²) >= 11 is 0. The number of aliphatic hydroxyl groups is 1. The average Bonchev–Trinajstić information content (AvgIpc) is 2.74. The second-order valence-electron chi connectivity index (χ2n) is 6.10. The minimum absolute atomic E-state index is 0.0159. The first-order valence-electron chi connectivity index (χ1n) is 8.78. The largest absolute Gasteiger partial charge is 0.496 e. The van der Waals surface area contributed by atoms with E-state index >= 15 is 0 Å². The van der Waals surface area contributed by atoms with Crippen molar-refractivity contribution in [3.63, 3.8) is 0 Å². The third-order valence-electron chi connectivity index (χ3n) is 4.38. The molecule has 3 rings (SSSR count). The molecule has 2 aromatic carbocycles. The van der Waals surface area contributed by atoms with Crippen molar-refractivity contribution >= 4 is 5.91 Å². The number of aromatic nitrogens is 1. The van der Waals surface area contributed by atoms with E-state index in [1.807, 2.05) is 54.6 Å². The molecule has 1 heterocycles. The molecule has 5 nitrogen and oxygen atoms in total. The molecule has 0 aliphatic heterocycles. The topological polar surface area (TPSA) is 71.5 Å². The zero-order valence-corrected chi connectivity index (χ0v) is 15.1. The average molecular weight is 362 g/mol. The molecule has 0 bridgehead atoms. The van der Waals surface area contributed by atoms with Crippen LogP contribution in [0.25, 0.3) is 11.1 Å². The minimum Gasteiger partial charge on any atom is -0.496 e. The van der Waals surface area contributed by atoms with Gasteiger partial charge in [-0.15, -0.1) is 0 Å². The second kappa shape index (κ2) is 8.96. The lowest BCUT2D eigenvalue weighted by atomic mass is 10.0. The number of ether oxygens (including phenoxy) is 1. The van der Waals surface area contributed by atoms with Crippen molar-refractivity contribution in [3.05, 3.63) is 84.2 Å². The van der Waals surface area contributed by atoms with Crippen molar-refractivity contribution in [2.75, 3.05) is 13.7 Å². The first-order chi connectivity index (χ1) is 13.2. The van der Waals surface area contributed by atoms with Crippen molar-refractivity contribution in [2.24, 2.45) is 0 Å². The number of nitrogens with zero attached hydrogens (tertiary/aromatic N) is 1. The van der Waals surface area contributed by atoms with E-state index in [0.29, 0.717) is 17.7 Å². The van der Waals surface area contributed by atoms with Crippen LogP contribution >= 0.6 is 0 Å². The summed E-state index contributed by atoms with van der Waals surface area (Å²) in [7, 11) is 1.55. The molecule has 0 spiro atoms. The van der Waals surface area contributed by atoms with Gasteiger partial charge in [-0.2, -0.15) is 0 Å². The van der Waals surface area contributed by atoms with E-state index in [0.717, 1.165) is 16.7 Å². The van der Waals surface area contributed by atoms with Gasteiger partial charge in [-0.1, -0.05) is 36.4 Å². The Morgan fingerprint density at radius 2 is 1.81 bits per heavy atom. The van der Waals surface area contributed by atoms with Gasteiger partial charge in [-0.25, -0.2) is 0 Å². The number of carbonyl (C=O) groups excluding carboxylic acids is 1. The summed E-state index contributed by atoms with van der Waals surface area (Å²) < 4.78 is 5.45. The SMILES string of the molecule is COc1cc(-c2ccncc2)ccc1C(=O)NC(CCO)c1ccccc1. The lowest BCUT2D eigenvalue weighted by Crippen LogP contribution is -2.29. The molecule has 1 aromatic heterocycles. The van der Waals surface area contributed by atoms with Gasteiger partial charge in [0.25, 0.3) is 5.91 Å². The summed E-state index contributed by atoms with van der Waals surface area (Å²) in [6.07, 6.45) is 3.89. The Labute approximate surface area is 158 Å². The number of rotatable bonds is 7. The Balaban J connectivity index is 1.85. The van der Waals surface area contributed by atoms with E-state index in [2.05, 4.69) is 10.3 Å². The molecule has 2 N–H and O–H groups in total. The minimum atomic E-state index is -0.270. The van der Waals surface area contributed by atoms with Crippen LogP contribution in [0.1, 0.15) is 28.4 Å². The number of hydrogen-bond acceptors (Lipinski definition) is 4. The fourth-order valence-electron chi connectivity index (χ4n) is 2.98. The lowest BCUT2D eigenvalue weighted by Gasteiger charge is -2.19. The Hall–Kier alpha value is -3.18. The van der Waals surface area contributed by atoms with Crippen LogP contribution in [-0.2, 0) is 0 Å². The summed E-state index contributed by atoms with van der Waals surface area (Å²) in [5.41, 5.74) is 3.35. The molecule has 138 valence electrons. The maximum absolute atomic E-state index is 12.8. The molecule has 5 heteroatoms. The van der Waals surface area contributed by atoms with Crippen molar-refractivity contribution in [3.8, 4) is 16.9 Å². The van der Waals surface area contributed by atoms with Gasteiger partial charge < -0.3 is 15.2 Å². The second-order valence-corrected chi connectivity index (χ2v) is 6.10. The molecule has 0 radical (unpaired) electrons.